The van der Waals surface area contributed by atoms with Crippen LogP contribution in [0.5, 0.6) is 5.75 Å². The highest BCUT2D eigenvalue weighted by molar-refractivity contribution is 7.93. The van der Waals surface area contributed by atoms with E-state index in [9.17, 15) is 13.2 Å². The van der Waals surface area contributed by atoms with E-state index in [0.717, 1.165) is 11.4 Å². The van der Waals surface area contributed by atoms with Gasteiger partial charge in [-0.2, -0.15) is 0 Å². The molecule has 0 saturated carbocycles. The lowest BCUT2D eigenvalue weighted by molar-refractivity contribution is -0.128. The van der Waals surface area contributed by atoms with Crippen molar-refractivity contribution in [1.82, 2.24) is 4.90 Å². The number of ether oxygens (including phenoxy) is 1. The Kier molecular flexibility index (Phi) is 5.42. The number of sulfone groups is 1. The molecular weight excluding hydrogens is 328 g/mol. The van der Waals surface area contributed by atoms with Gasteiger partial charge in [-0.25, -0.2) is 8.42 Å². The molecule has 0 spiro atoms. The number of methoxy groups -OCH3 is 1. The van der Waals surface area contributed by atoms with Gasteiger partial charge in [0.2, 0.25) is 5.91 Å². The summed E-state index contributed by atoms with van der Waals surface area (Å²) in [6.45, 7) is 7.26. The maximum Gasteiger partial charge on any atom is 0.237 e. The first kappa shape index (κ1) is 18.6. The zero-order valence-electron chi connectivity index (χ0n) is 14.8. The van der Waals surface area contributed by atoms with Crippen molar-refractivity contribution in [2.75, 3.05) is 43.9 Å². The van der Waals surface area contributed by atoms with E-state index in [2.05, 4.69) is 4.90 Å². The van der Waals surface area contributed by atoms with Crippen molar-refractivity contribution in [1.29, 1.82) is 0 Å². The summed E-state index contributed by atoms with van der Waals surface area (Å²) < 4.78 is 28.7. The highest BCUT2D eigenvalue weighted by atomic mass is 32.2. The molecule has 7 heteroatoms. The third-order valence-corrected chi connectivity index (χ3v) is 6.79. The van der Waals surface area contributed by atoms with Gasteiger partial charge in [0, 0.05) is 37.9 Å². The number of hydrogen-bond donors (Lipinski definition) is 0. The molecule has 1 aromatic carbocycles. The van der Waals surface area contributed by atoms with Crippen molar-refractivity contribution < 1.29 is 17.9 Å². The minimum absolute atomic E-state index is 0.310. The molecule has 24 heavy (non-hydrogen) atoms. The smallest absolute Gasteiger partial charge is 0.237 e. The van der Waals surface area contributed by atoms with Gasteiger partial charge < -0.3 is 14.5 Å². The average Bonchev–Trinajstić information content (AvgIpc) is 2.53. The summed E-state index contributed by atoms with van der Waals surface area (Å²) in [7, 11) is -1.81. The van der Waals surface area contributed by atoms with Crippen LogP contribution in [0.2, 0.25) is 0 Å². The number of hydrogen-bond acceptors (Lipinski definition) is 5. The number of rotatable bonds is 4. The van der Waals surface area contributed by atoms with Gasteiger partial charge in [0.25, 0.3) is 0 Å². The van der Waals surface area contributed by atoms with Gasteiger partial charge in [0.05, 0.1) is 11.9 Å². The molecule has 6 nitrogen and oxygen atoms in total. The van der Waals surface area contributed by atoms with Crippen LogP contribution in [0.25, 0.3) is 0 Å². The van der Waals surface area contributed by atoms with Crippen molar-refractivity contribution in [3.05, 3.63) is 24.3 Å². The summed E-state index contributed by atoms with van der Waals surface area (Å²) >= 11 is 0. The van der Waals surface area contributed by atoms with Gasteiger partial charge in [-0.3, -0.25) is 4.79 Å². The fraction of sp³-hybridized carbons (Fsp3) is 0.588. The molecule has 0 aliphatic carbocycles. The van der Waals surface area contributed by atoms with Gasteiger partial charge >= 0.3 is 0 Å². The van der Waals surface area contributed by atoms with E-state index in [4.69, 9.17) is 4.74 Å². The molecule has 1 saturated heterocycles. The fourth-order valence-corrected chi connectivity index (χ4v) is 3.43. The molecule has 134 valence electrons. The lowest BCUT2D eigenvalue weighted by Gasteiger charge is -2.36. The second-order valence-corrected chi connectivity index (χ2v) is 9.68. The fourth-order valence-electron chi connectivity index (χ4n) is 2.49. The van der Waals surface area contributed by atoms with Crippen LogP contribution in [-0.4, -0.2) is 63.0 Å². The number of benzene rings is 1. The van der Waals surface area contributed by atoms with E-state index in [1.165, 1.54) is 0 Å². The van der Waals surface area contributed by atoms with Crippen molar-refractivity contribution in [3.63, 3.8) is 0 Å². The Morgan fingerprint density at radius 3 is 2.33 bits per heavy atom. The first-order valence-electron chi connectivity index (χ1n) is 8.03. The van der Waals surface area contributed by atoms with E-state index < -0.39 is 20.3 Å². The summed E-state index contributed by atoms with van der Waals surface area (Å²) in [6, 6.07) is 7.79. The maximum atomic E-state index is 12.3. The van der Waals surface area contributed by atoms with Gasteiger partial charge in [-0.1, -0.05) is 6.07 Å². The summed E-state index contributed by atoms with van der Waals surface area (Å²) in [5.74, 6) is 0.0628. The van der Waals surface area contributed by atoms with Crippen molar-refractivity contribution in [2.45, 2.75) is 25.5 Å². The van der Waals surface area contributed by atoms with Crippen LogP contribution in [0, 0.1) is 0 Å². The molecule has 1 aliphatic rings. The number of amides is 1. The van der Waals surface area contributed by atoms with Gasteiger partial charge in [-0.15, -0.1) is 0 Å². The monoisotopic (exact) mass is 354 g/mol. The first-order valence-corrected chi connectivity index (χ1v) is 9.68. The Balaban J connectivity index is 1.96. The Morgan fingerprint density at radius 2 is 1.79 bits per heavy atom. The van der Waals surface area contributed by atoms with E-state index in [1.54, 1.807) is 32.8 Å². The minimum atomic E-state index is -3.44. The zero-order valence-corrected chi connectivity index (χ0v) is 15.6. The van der Waals surface area contributed by atoms with Crippen molar-refractivity contribution >= 4 is 21.4 Å². The lowest BCUT2D eigenvalue weighted by Crippen LogP contribution is -2.51. The number of anilines is 1. The SMILES string of the molecule is COc1cccc(N2CCN(C(=O)CS(=O)(=O)C(C)(C)C)CC2)c1. The molecular formula is C17H26N2O4S. The lowest BCUT2D eigenvalue weighted by atomic mass is 10.2. The molecule has 2 rings (SSSR count). The standard InChI is InChI=1S/C17H26N2O4S/c1-17(2,3)24(21,22)13-16(20)19-10-8-18(9-11-19)14-6-5-7-15(12-14)23-4/h5-7,12H,8-11,13H2,1-4H3. The Labute approximate surface area is 144 Å². The van der Waals surface area contributed by atoms with E-state index in [1.807, 2.05) is 24.3 Å². The van der Waals surface area contributed by atoms with E-state index in [0.29, 0.717) is 26.2 Å². The van der Waals surface area contributed by atoms with E-state index in [-0.39, 0.29) is 5.91 Å². The molecule has 1 fully saturated rings. The maximum absolute atomic E-state index is 12.3. The normalized spacial score (nSPS) is 16.2. The Morgan fingerprint density at radius 1 is 1.17 bits per heavy atom. The summed E-state index contributed by atoms with van der Waals surface area (Å²) in [5, 5.41) is 0. The van der Waals surface area contributed by atoms with Crippen LogP contribution in [0.15, 0.2) is 24.3 Å². The van der Waals surface area contributed by atoms with Gasteiger partial charge in [0.15, 0.2) is 9.84 Å². The molecule has 0 bridgehead atoms. The molecule has 1 amide bonds. The van der Waals surface area contributed by atoms with E-state index >= 15 is 0 Å². The van der Waals surface area contributed by atoms with Crippen LogP contribution in [0.4, 0.5) is 5.69 Å². The second kappa shape index (κ2) is 7.01. The van der Waals surface area contributed by atoms with Crippen molar-refractivity contribution in [2.24, 2.45) is 0 Å². The number of carbonyl (C=O) groups excluding carboxylic acids is 1. The second-order valence-electron chi connectivity index (χ2n) is 6.94. The highest BCUT2D eigenvalue weighted by Gasteiger charge is 2.33. The van der Waals surface area contributed by atoms with Crippen LogP contribution < -0.4 is 9.64 Å². The highest BCUT2D eigenvalue weighted by Crippen LogP contribution is 2.22. The predicted molar refractivity (Wildman–Crippen MR) is 95.3 cm³/mol. The van der Waals surface area contributed by atoms with Crippen LogP contribution in [0.3, 0.4) is 0 Å². The quantitative estimate of drug-likeness (QED) is 0.821. The third-order valence-electron chi connectivity index (χ3n) is 4.30. The number of carbonyl (C=O) groups is 1. The molecule has 0 N–H and O–H groups in total. The molecule has 0 aromatic heterocycles. The first-order chi connectivity index (χ1) is 11.1. The number of piperazine rings is 1. The number of nitrogens with zero attached hydrogens (tertiary/aromatic N) is 2. The Hall–Kier alpha value is -1.76. The van der Waals surface area contributed by atoms with Crippen LogP contribution in [-0.2, 0) is 14.6 Å². The zero-order chi connectivity index (χ0) is 18.0. The summed E-state index contributed by atoms with van der Waals surface area (Å²) in [5.41, 5.74) is 1.05. The summed E-state index contributed by atoms with van der Waals surface area (Å²) in [4.78, 5) is 16.1. The largest absolute Gasteiger partial charge is 0.497 e. The molecule has 1 aromatic rings. The van der Waals surface area contributed by atoms with Crippen LogP contribution >= 0.6 is 0 Å². The molecule has 1 heterocycles. The van der Waals surface area contributed by atoms with Crippen LogP contribution in [0.1, 0.15) is 20.8 Å². The Bertz CT molecular complexity index is 687. The van der Waals surface area contributed by atoms with Crippen molar-refractivity contribution in [3.8, 4) is 5.75 Å². The molecule has 0 radical (unpaired) electrons. The van der Waals surface area contributed by atoms with Gasteiger partial charge in [0.1, 0.15) is 11.5 Å². The molecule has 1 aliphatic heterocycles. The minimum Gasteiger partial charge on any atom is -0.497 e. The summed E-state index contributed by atoms with van der Waals surface area (Å²) in [6.07, 6.45) is 0. The predicted octanol–water partition coefficient (Wildman–Crippen LogP) is 1.56. The molecule has 0 unspecified atom stereocenters. The third kappa shape index (κ3) is 4.20. The molecule has 0 atom stereocenters. The topological polar surface area (TPSA) is 66.9 Å². The average molecular weight is 354 g/mol. The van der Waals surface area contributed by atoms with Gasteiger partial charge in [-0.05, 0) is 32.9 Å².